The normalized spacial score (nSPS) is 11.9. The van der Waals surface area contributed by atoms with Crippen LogP contribution in [0.3, 0.4) is 0 Å². The van der Waals surface area contributed by atoms with E-state index < -0.39 is 0 Å². The summed E-state index contributed by atoms with van der Waals surface area (Å²) >= 11 is 1.66. The van der Waals surface area contributed by atoms with Crippen molar-refractivity contribution in [3.63, 3.8) is 0 Å². The van der Waals surface area contributed by atoms with Gasteiger partial charge in [-0.1, -0.05) is 0 Å². The maximum atomic E-state index is 5.35. The zero-order chi connectivity index (χ0) is 12.0. The van der Waals surface area contributed by atoms with Gasteiger partial charge in [0.2, 0.25) is 5.96 Å². The maximum absolute atomic E-state index is 5.35. The molecule has 4 N–H and O–H groups in total. The van der Waals surface area contributed by atoms with Gasteiger partial charge in [-0.15, -0.1) is 11.3 Å². The molecule has 0 saturated carbocycles. The SMILES string of the molecule is Cc1nc(CCN=C(NN)NC(C)C)cs1. The molecule has 0 unspecified atom stereocenters. The third-order valence-corrected chi connectivity index (χ3v) is 2.69. The Kier molecular flexibility index (Phi) is 5.21. The molecular formula is C10H19N5S. The van der Waals surface area contributed by atoms with Crippen molar-refractivity contribution in [1.29, 1.82) is 0 Å². The molecule has 1 aromatic rings. The molecule has 0 amide bonds. The second kappa shape index (κ2) is 6.44. The summed E-state index contributed by atoms with van der Waals surface area (Å²) in [4.78, 5) is 8.69. The fourth-order valence-corrected chi connectivity index (χ4v) is 1.86. The quantitative estimate of drug-likeness (QED) is 0.316. The van der Waals surface area contributed by atoms with Gasteiger partial charge in [-0.25, -0.2) is 10.8 Å². The molecule has 0 bridgehead atoms. The van der Waals surface area contributed by atoms with Crippen molar-refractivity contribution in [3.05, 3.63) is 16.1 Å². The molecule has 1 aromatic heterocycles. The molecule has 0 aromatic carbocycles. The van der Waals surface area contributed by atoms with E-state index in [9.17, 15) is 0 Å². The van der Waals surface area contributed by atoms with Crippen molar-refractivity contribution in [2.75, 3.05) is 6.54 Å². The van der Waals surface area contributed by atoms with E-state index in [1.165, 1.54) is 0 Å². The second-order valence-electron chi connectivity index (χ2n) is 3.78. The largest absolute Gasteiger partial charge is 0.353 e. The minimum atomic E-state index is 0.316. The molecule has 0 fully saturated rings. The van der Waals surface area contributed by atoms with Gasteiger partial charge in [0.05, 0.1) is 10.7 Å². The van der Waals surface area contributed by atoms with Gasteiger partial charge < -0.3 is 5.32 Å². The van der Waals surface area contributed by atoms with Crippen molar-refractivity contribution < 1.29 is 0 Å². The number of aromatic nitrogens is 1. The first-order valence-electron chi connectivity index (χ1n) is 5.30. The number of nitrogens with one attached hydrogen (secondary N) is 2. The van der Waals surface area contributed by atoms with Crippen LogP contribution in [0, 0.1) is 6.92 Å². The highest BCUT2D eigenvalue weighted by molar-refractivity contribution is 7.09. The first kappa shape index (κ1) is 12.9. The zero-order valence-corrected chi connectivity index (χ0v) is 10.8. The summed E-state index contributed by atoms with van der Waals surface area (Å²) in [5.41, 5.74) is 3.64. The smallest absolute Gasteiger partial charge is 0.205 e. The summed E-state index contributed by atoms with van der Waals surface area (Å²) in [6.45, 7) is 6.76. The lowest BCUT2D eigenvalue weighted by Gasteiger charge is -2.11. The van der Waals surface area contributed by atoms with E-state index in [0.717, 1.165) is 17.1 Å². The molecule has 0 aliphatic rings. The fraction of sp³-hybridized carbons (Fsp3) is 0.600. The standard InChI is InChI=1S/C10H19N5S/c1-7(2)13-10(15-11)12-5-4-9-6-16-8(3)14-9/h6-7H,4-5,11H2,1-3H3,(H2,12,13,15). The molecular weight excluding hydrogens is 222 g/mol. The molecule has 90 valence electrons. The first-order chi connectivity index (χ1) is 7.61. The lowest BCUT2D eigenvalue weighted by molar-refractivity contribution is 0.701. The summed E-state index contributed by atoms with van der Waals surface area (Å²) in [6, 6.07) is 0.316. The molecule has 16 heavy (non-hydrogen) atoms. The third-order valence-electron chi connectivity index (χ3n) is 1.87. The van der Waals surface area contributed by atoms with Gasteiger partial charge in [0.15, 0.2) is 0 Å². The molecule has 1 heterocycles. The van der Waals surface area contributed by atoms with Crippen LogP contribution in [0.4, 0.5) is 0 Å². The highest BCUT2D eigenvalue weighted by atomic mass is 32.1. The summed E-state index contributed by atoms with van der Waals surface area (Å²) in [5, 5.41) is 6.28. The monoisotopic (exact) mass is 241 g/mol. The van der Waals surface area contributed by atoms with Crippen LogP contribution >= 0.6 is 11.3 Å². The number of hydrogen-bond acceptors (Lipinski definition) is 4. The maximum Gasteiger partial charge on any atom is 0.205 e. The van der Waals surface area contributed by atoms with Crippen molar-refractivity contribution >= 4 is 17.3 Å². The van der Waals surface area contributed by atoms with E-state index in [4.69, 9.17) is 5.84 Å². The Labute approximate surface area is 100 Å². The molecule has 1 rings (SSSR count). The van der Waals surface area contributed by atoms with Gasteiger partial charge >= 0.3 is 0 Å². The summed E-state index contributed by atoms with van der Waals surface area (Å²) < 4.78 is 0. The van der Waals surface area contributed by atoms with E-state index in [1.807, 2.05) is 20.8 Å². The van der Waals surface area contributed by atoms with Crippen LogP contribution in [0.5, 0.6) is 0 Å². The van der Waals surface area contributed by atoms with E-state index in [1.54, 1.807) is 11.3 Å². The number of rotatable bonds is 4. The lowest BCUT2D eigenvalue weighted by atomic mass is 10.3. The van der Waals surface area contributed by atoms with Gasteiger partial charge in [-0.3, -0.25) is 10.4 Å². The van der Waals surface area contributed by atoms with Gasteiger partial charge in [-0.2, -0.15) is 0 Å². The number of thiazole rings is 1. The number of nitrogens with two attached hydrogens (primary N) is 1. The van der Waals surface area contributed by atoms with Crippen molar-refractivity contribution in [1.82, 2.24) is 15.7 Å². The van der Waals surface area contributed by atoms with Gasteiger partial charge in [-0.05, 0) is 20.8 Å². The van der Waals surface area contributed by atoms with E-state index in [2.05, 4.69) is 26.1 Å². The molecule has 0 spiro atoms. The van der Waals surface area contributed by atoms with Crippen LogP contribution in [0.1, 0.15) is 24.5 Å². The predicted molar refractivity (Wildman–Crippen MR) is 68.5 cm³/mol. The molecule has 0 aliphatic heterocycles. The number of hydrogen-bond donors (Lipinski definition) is 3. The highest BCUT2D eigenvalue weighted by Crippen LogP contribution is 2.08. The Bertz CT molecular complexity index is 345. The molecule has 0 atom stereocenters. The molecule has 0 aliphatic carbocycles. The Morgan fingerprint density at radius 3 is 2.88 bits per heavy atom. The predicted octanol–water partition coefficient (Wildman–Crippen LogP) is 0.811. The average Bonchev–Trinajstić information content (AvgIpc) is 2.62. The Morgan fingerprint density at radius 2 is 2.38 bits per heavy atom. The van der Waals surface area contributed by atoms with Crippen LogP contribution in [-0.4, -0.2) is 23.5 Å². The number of hydrazine groups is 1. The summed E-state index contributed by atoms with van der Waals surface area (Å²) in [6.07, 6.45) is 0.843. The first-order valence-corrected chi connectivity index (χ1v) is 6.18. The van der Waals surface area contributed by atoms with Crippen molar-refractivity contribution in [3.8, 4) is 0 Å². The molecule has 0 radical (unpaired) electrons. The average molecular weight is 241 g/mol. The van der Waals surface area contributed by atoms with Gasteiger partial charge in [0.25, 0.3) is 0 Å². The lowest BCUT2D eigenvalue weighted by Crippen LogP contribution is -2.44. The Balaban J connectivity index is 2.39. The van der Waals surface area contributed by atoms with E-state index in [0.29, 0.717) is 18.5 Å². The Hall–Kier alpha value is -1.14. The minimum Gasteiger partial charge on any atom is -0.353 e. The van der Waals surface area contributed by atoms with Gasteiger partial charge in [0, 0.05) is 24.4 Å². The van der Waals surface area contributed by atoms with Crippen LogP contribution in [0.25, 0.3) is 0 Å². The van der Waals surface area contributed by atoms with Crippen LogP contribution in [0.2, 0.25) is 0 Å². The van der Waals surface area contributed by atoms with Crippen LogP contribution in [0.15, 0.2) is 10.4 Å². The number of aryl methyl sites for hydroxylation is 1. The number of nitrogens with zero attached hydrogens (tertiary/aromatic N) is 2. The minimum absolute atomic E-state index is 0.316. The topological polar surface area (TPSA) is 75.3 Å². The van der Waals surface area contributed by atoms with E-state index in [-0.39, 0.29) is 0 Å². The fourth-order valence-electron chi connectivity index (χ4n) is 1.21. The number of guanidine groups is 1. The third kappa shape index (κ3) is 4.59. The molecule has 6 heteroatoms. The second-order valence-corrected chi connectivity index (χ2v) is 4.84. The van der Waals surface area contributed by atoms with Crippen LogP contribution in [-0.2, 0) is 6.42 Å². The molecule has 0 saturated heterocycles. The summed E-state index contributed by atoms with van der Waals surface area (Å²) in [5.74, 6) is 5.97. The Morgan fingerprint density at radius 1 is 1.62 bits per heavy atom. The zero-order valence-electron chi connectivity index (χ0n) is 9.95. The van der Waals surface area contributed by atoms with Crippen molar-refractivity contribution in [2.24, 2.45) is 10.8 Å². The molecule has 5 nitrogen and oxygen atoms in total. The van der Waals surface area contributed by atoms with Crippen molar-refractivity contribution in [2.45, 2.75) is 33.2 Å². The van der Waals surface area contributed by atoms with E-state index >= 15 is 0 Å². The highest BCUT2D eigenvalue weighted by Gasteiger charge is 2.00. The number of aliphatic imine (C=N–C) groups is 1. The van der Waals surface area contributed by atoms with Gasteiger partial charge in [0.1, 0.15) is 0 Å². The summed E-state index contributed by atoms with van der Waals surface area (Å²) in [7, 11) is 0. The van der Waals surface area contributed by atoms with Crippen LogP contribution < -0.4 is 16.6 Å².